The van der Waals surface area contributed by atoms with Crippen molar-refractivity contribution in [2.75, 3.05) is 4.90 Å². The van der Waals surface area contributed by atoms with E-state index >= 15 is 0 Å². The van der Waals surface area contributed by atoms with Crippen molar-refractivity contribution in [3.05, 3.63) is 194 Å². The molecule has 11 aromatic rings. The van der Waals surface area contributed by atoms with E-state index in [1.165, 1.54) is 21.9 Å². The molecule has 0 amide bonds. The molecule has 0 aliphatic heterocycles. The van der Waals surface area contributed by atoms with E-state index in [4.69, 9.17) is 13.8 Å². The molecule has 4 nitrogen and oxygen atoms in total. The molecule has 11 rings (SSSR count). The highest BCUT2D eigenvalue weighted by Crippen LogP contribution is 2.47. The third-order valence-electron chi connectivity index (χ3n) is 10.7. The molecule has 55 heavy (non-hydrogen) atoms. The Kier molecular flexibility index (Phi) is 7.14. The molecule has 0 aliphatic rings. The van der Waals surface area contributed by atoms with Gasteiger partial charge in [0.1, 0.15) is 16.7 Å². The van der Waals surface area contributed by atoms with Crippen LogP contribution in [0.4, 0.5) is 17.1 Å². The van der Waals surface area contributed by atoms with Crippen LogP contribution in [-0.4, -0.2) is 4.98 Å². The lowest BCUT2D eigenvalue weighted by Crippen LogP contribution is -2.10. The number of oxazole rings is 1. The third kappa shape index (κ3) is 5.19. The molecule has 0 radical (unpaired) electrons. The SMILES string of the molecule is c1ccc(-c2ccc(N(c3ccc4ccccc4c3)c3cccc4oc5c6ccccc6c(-c6cccc7oc(-c8ccccc8)nc67)cc5c34)cc2)cc1. The lowest BCUT2D eigenvalue weighted by molar-refractivity contribution is 0.620. The first-order valence-corrected chi connectivity index (χ1v) is 18.5. The molecule has 0 saturated carbocycles. The van der Waals surface area contributed by atoms with Crippen molar-refractivity contribution in [1.29, 1.82) is 0 Å². The van der Waals surface area contributed by atoms with E-state index in [0.29, 0.717) is 5.89 Å². The van der Waals surface area contributed by atoms with E-state index < -0.39 is 0 Å². The first-order chi connectivity index (χ1) is 27.3. The van der Waals surface area contributed by atoms with E-state index in [2.05, 4.69) is 163 Å². The highest BCUT2D eigenvalue weighted by Gasteiger charge is 2.23. The number of aromatic nitrogens is 1. The lowest BCUT2D eigenvalue weighted by Gasteiger charge is -2.27. The summed E-state index contributed by atoms with van der Waals surface area (Å²) in [7, 11) is 0. The van der Waals surface area contributed by atoms with Crippen LogP contribution in [0.5, 0.6) is 0 Å². The summed E-state index contributed by atoms with van der Waals surface area (Å²) in [4.78, 5) is 7.44. The van der Waals surface area contributed by atoms with Crippen molar-refractivity contribution in [2.45, 2.75) is 0 Å². The first-order valence-electron chi connectivity index (χ1n) is 18.5. The average molecular weight is 705 g/mol. The summed E-state index contributed by atoms with van der Waals surface area (Å²) in [5.41, 5.74) is 11.8. The van der Waals surface area contributed by atoms with Crippen LogP contribution in [0.15, 0.2) is 203 Å². The highest BCUT2D eigenvalue weighted by molar-refractivity contribution is 6.23. The molecule has 2 aromatic heterocycles. The Morgan fingerprint density at radius 1 is 0.400 bits per heavy atom. The van der Waals surface area contributed by atoms with E-state index in [-0.39, 0.29) is 0 Å². The van der Waals surface area contributed by atoms with E-state index in [0.717, 1.165) is 77.6 Å². The summed E-state index contributed by atoms with van der Waals surface area (Å²) in [5.74, 6) is 0.605. The van der Waals surface area contributed by atoms with Gasteiger partial charge in [0.2, 0.25) is 5.89 Å². The minimum Gasteiger partial charge on any atom is -0.455 e. The fourth-order valence-corrected chi connectivity index (χ4v) is 8.09. The zero-order valence-corrected chi connectivity index (χ0v) is 29.7. The quantitative estimate of drug-likeness (QED) is 0.173. The number of rotatable bonds is 6. The van der Waals surface area contributed by atoms with Gasteiger partial charge in [-0.1, -0.05) is 133 Å². The van der Waals surface area contributed by atoms with Crippen LogP contribution in [0.3, 0.4) is 0 Å². The number of anilines is 3. The molecule has 258 valence electrons. The summed E-state index contributed by atoms with van der Waals surface area (Å²) < 4.78 is 13.2. The molecule has 9 aromatic carbocycles. The Hall–Kier alpha value is -7.43. The molecule has 0 spiro atoms. The number of nitrogens with zero attached hydrogens (tertiary/aromatic N) is 2. The van der Waals surface area contributed by atoms with Gasteiger partial charge in [0.15, 0.2) is 5.58 Å². The maximum atomic E-state index is 6.85. The van der Waals surface area contributed by atoms with Gasteiger partial charge in [-0.2, -0.15) is 0 Å². The average Bonchev–Trinajstić information content (AvgIpc) is 3.87. The van der Waals surface area contributed by atoms with Gasteiger partial charge in [0.05, 0.1) is 11.1 Å². The second-order valence-corrected chi connectivity index (χ2v) is 13.9. The summed E-state index contributed by atoms with van der Waals surface area (Å²) in [6.07, 6.45) is 0. The number of benzene rings is 9. The van der Waals surface area contributed by atoms with Crippen molar-refractivity contribution < 1.29 is 8.83 Å². The van der Waals surface area contributed by atoms with Gasteiger partial charge in [0, 0.05) is 33.3 Å². The predicted molar refractivity (Wildman–Crippen MR) is 227 cm³/mol. The molecule has 0 fully saturated rings. The van der Waals surface area contributed by atoms with Crippen molar-refractivity contribution in [2.24, 2.45) is 0 Å². The largest absolute Gasteiger partial charge is 0.455 e. The summed E-state index contributed by atoms with van der Waals surface area (Å²) in [6.45, 7) is 0. The molecule has 4 heteroatoms. The van der Waals surface area contributed by atoms with Crippen LogP contribution < -0.4 is 4.90 Å². The van der Waals surface area contributed by atoms with Crippen LogP contribution in [-0.2, 0) is 0 Å². The molecule has 0 unspecified atom stereocenters. The summed E-state index contributed by atoms with van der Waals surface area (Å²) in [5, 5.41) is 6.60. The number of furan rings is 1. The Morgan fingerprint density at radius 3 is 1.87 bits per heavy atom. The normalized spacial score (nSPS) is 11.6. The maximum Gasteiger partial charge on any atom is 0.227 e. The van der Waals surface area contributed by atoms with Crippen molar-refractivity contribution >= 4 is 71.6 Å². The van der Waals surface area contributed by atoms with Crippen LogP contribution in [0.2, 0.25) is 0 Å². The topological polar surface area (TPSA) is 42.4 Å². The second-order valence-electron chi connectivity index (χ2n) is 13.9. The molecule has 0 aliphatic carbocycles. The third-order valence-corrected chi connectivity index (χ3v) is 10.7. The Bertz CT molecular complexity index is 3200. The minimum atomic E-state index is 0.605. The summed E-state index contributed by atoms with van der Waals surface area (Å²) in [6, 6.07) is 68.0. The number of hydrogen-bond donors (Lipinski definition) is 0. The van der Waals surface area contributed by atoms with Gasteiger partial charge in [-0.25, -0.2) is 4.98 Å². The lowest BCUT2D eigenvalue weighted by atomic mass is 9.94. The number of fused-ring (bicyclic) bond motifs is 7. The van der Waals surface area contributed by atoms with Crippen molar-refractivity contribution in [1.82, 2.24) is 4.98 Å². The van der Waals surface area contributed by atoms with E-state index in [9.17, 15) is 0 Å². The molecular weight excluding hydrogens is 673 g/mol. The van der Waals surface area contributed by atoms with E-state index in [1.54, 1.807) is 0 Å². The van der Waals surface area contributed by atoms with Crippen LogP contribution in [0, 0.1) is 0 Å². The van der Waals surface area contributed by atoms with Crippen LogP contribution in [0.1, 0.15) is 0 Å². The molecule has 0 atom stereocenters. The Labute approximate surface area is 317 Å². The smallest absolute Gasteiger partial charge is 0.227 e. The zero-order valence-electron chi connectivity index (χ0n) is 29.7. The molecule has 0 saturated heterocycles. The fraction of sp³-hybridized carbons (Fsp3) is 0. The van der Waals surface area contributed by atoms with Gasteiger partial charge < -0.3 is 13.7 Å². The monoisotopic (exact) mass is 704 g/mol. The molecule has 0 N–H and O–H groups in total. The summed E-state index contributed by atoms with van der Waals surface area (Å²) >= 11 is 0. The zero-order chi connectivity index (χ0) is 36.3. The van der Waals surface area contributed by atoms with Gasteiger partial charge in [-0.15, -0.1) is 0 Å². The predicted octanol–water partition coefficient (Wildman–Crippen LogP) is 14.5. The van der Waals surface area contributed by atoms with Crippen molar-refractivity contribution in [3.8, 4) is 33.7 Å². The Morgan fingerprint density at radius 2 is 1.05 bits per heavy atom. The minimum absolute atomic E-state index is 0.605. The van der Waals surface area contributed by atoms with Crippen LogP contribution in [0.25, 0.3) is 88.3 Å². The molecule has 2 heterocycles. The van der Waals surface area contributed by atoms with Gasteiger partial charge in [-0.3, -0.25) is 0 Å². The molecule has 0 bridgehead atoms. The number of hydrogen-bond acceptors (Lipinski definition) is 4. The van der Waals surface area contributed by atoms with Gasteiger partial charge in [-0.05, 0) is 93.5 Å². The Balaban J connectivity index is 1.17. The van der Waals surface area contributed by atoms with Crippen molar-refractivity contribution in [3.63, 3.8) is 0 Å². The first kappa shape index (κ1) is 31.1. The molecular formula is C51H32N2O2. The highest BCUT2D eigenvalue weighted by atomic mass is 16.3. The van der Waals surface area contributed by atoms with E-state index in [1.807, 2.05) is 36.4 Å². The second kappa shape index (κ2) is 12.6. The van der Waals surface area contributed by atoms with Crippen LogP contribution >= 0.6 is 0 Å². The standard InChI is InChI=1S/C51H32N2O2/c1-3-13-33(14-4-1)35-25-28-38(29-26-35)53(39-30-27-34-15-7-8-18-37(34)31-39)45-22-12-23-46-48(45)44-32-43(40-19-9-10-20-42(40)50(44)54-46)41-21-11-24-47-49(41)52-51(55-47)36-16-5-2-6-17-36/h1-32H. The maximum absolute atomic E-state index is 6.85. The number of para-hydroxylation sites is 1. The van der Waals surface area contributed by atoms with Gasteiger partial charge in [0.25, 0.3) is 0 Å². The fourth-order valence-electron chi connectivity index (χ4n) is 8.09. The van der Waals surface area contributed by atoms with Gasteiger partial charge >= 0.3 is 0 Å².